The Kier molecular flexibility index (Phi) is 2.29. The van der Waals surface area contributed by atoms with Crippen LogP contribution >= 0.6 is 0 Å². The molecule has 0 spiro atoms. The average molecular weight is 300 g/mol. The molecule has 0 aliphatic rings. The topological polar surface area (TPSA) is 12.9 Å². The number of aryl methyl sites for hydroxylation is 1. The summed E-state index contributed by atoms with van der Waals surface area (Å²) in [5.41, 5.74) is 3.27. The van der Waals surface area contributed by atoms with Crippen LogP contribution in [0.4, 0.5) is 0 Å². The molecule has 0 bridgehead atoms. The zero-order valence-corrected chi connectivity index (χ0v) is 12.6. The minimum atomic E-state index is -0.392. The van der Waals surface area contributed by atoms with Gasteiger partial charge in [-0.3, -0.25) is 4.98 Å². The van der Waals surface area contributed by atoms with Crippen LogP contribution in [0.1, 0.15) is 12.4 Å². The van der Waals surface area contributed by atoms with Gasteiger partial charge in [0, 0.05) is 17.3 Å². The van der Waals surface area contributed by atoms with Crippen molar-refractivity contribution in [1.82, 2.24) is 4.98 Å². The molecule has 0 unspecified atom stereocenters. The number of rotatable bonds is 2. The van der Waals surface area contributed by atoms with Gasteiger partial charge in [0.05, 0.1) is 12.5 Å². The number of benzene rings is 3. The van der Waals surface area contributed by atoms with Crippen molar-refractivity contribution >= 4 is 10.8 Å². The van der Waals surface area contributed by atoms with Crippen LogP contribution in [-0.2, 0) is 0 Å². The lowest BCUT2D eigenvalue weighted by molar-refractivity contribution is 1.29. The highest BCUT2D eigenvalue weighted by Gasteiger charge is 2.06. The summed E-state index contributed by atoms with van der Waals surface area (Å²) < 4.78 is 39.9. The van der Waals surface area contributed by atoms with Crippen molar-refractivity contribution in [2.45, 2.75) is 6.92 Å². The summed E-state index contributed by atoms with van der Waals surface area (Å²) in [7, 11) is 0. The summed E-state index contributed by atoms with van der Waals surface area (Å²) in [6, 6.07) is 14.6. The smallest absolute Gasteiger partial charge is 0.0705 e. The zero-order chi connectivity index (χ0) is 20.0. The molecule has 110 valence electrons. The molecule has 0 fully saturated rings. The molecule has 0 amide bonds. The molecule has 0 radical (unpaired) electrons. The van der Waals surface area contributed by atoms with Crippen LogP contribution in [0.3, 0.4) is 0 Å². The largest absolute Gasteiger partial charge is 0.256 e. The summed E-state index contributed by atoms with van der Waals surface area (Å²) in [6.07, 6.45) is 1.59. The molecule has 4 aromatic rings. The molecular weight excluding hydrogens is 278 g/mol. The van der Waals surface area contributed by atoms with E-state index in [0.717, 1.165) is 27.6 Å². The second-order valence-electron chi connectivity index (χ2n) is 5.45. The highest BCUT2D eigenvalue weighted by Crippen LogP contribution is 2.28. The summed E-state index contributed by atoms with van der Waals surface area (Å²) in [4.78, 5) is 4.52. The van der Waals surface area contributed by atoms with E-state index in [1.54, 1.807) is 6.20 Å². The van der Waals surface area contributed by atoms with Gasteiger partial charge in [0.15, 0.2) is 0 Å². The molecule has 0 N–H and O–H groups in total. The second-order valence-corrected chi connectivity index (χ2v) is 5.45. The van der Waals surface area contributed by atoms with E-state index in [1.807, 2.05) is 43.3 Å². The fraction of sp³-hybridized carbons (Fsp3) is 0.0455. The highest BCUT2D eigenvalue weighted by atomic mass is 14.7. The van der Waals surface area contributed by atoms with E-state index in [9.17, 15) is 0 Å². The predicted octanol–water partition coefficient (Wildman–Crippen LogP) is 5.88. The summed E-state index contributed by atoms with van der Waals surface area (Å²) in [6.45, 7) is 1.86. The van der Waals surface area contributed by atoms with Crippen molar-refractivity contribution < 1.29 is 6.85 Å². The normalized spacial score (nSPS) is 13.9. The van der Waals surface area contributed by atoms with Crippen LogP contribution in [0, 0.1) is 6.92 Å². The fourth-order valence-electron chi connectivity index (χ4n) is 2.71. The maximum absolute atomic E-state index is 8.18. The van der Waals surface area contributed by atoms with E-state index in [4.69, 9.17) is 6.85 Å². The first-order valence-corrected chi connectivity index (χ1v) is 7.41. The Morgan fingerprint density at radius 3 is 2.39 bits per heavy atom. The first kappa shape index (κ1) is 9.26. The number of aromatic nitrogens is 1. The summed E-state index contributed by atoms with van der Waals surface area (Å²) >= 11 is 0. The highest BCUT2D eigenvalue weighted by molar-refractivity contribution is 5.87. The van der Waals surface area contributed by atoms with Crippen LogP contribution in [0.2, 0.25) is 0 Å². The first-order valence-electron chi connectivity index (χ1n) is 9.91. The molecule has 1 nitrogen and oxygen atoms in total. The third-order valence-electron chi connectivity index (χ3n) is 3.93. The molecule has 0 saturated heterocycles. The SMILES string of the molecule is [2H]c1c([2H])c([2H])c(-c2cnc(-c3ccc4ccccc4c3)cc2C)c([2H])c1[2H]. The lowest BCUT2D eigenvalue weighted by Gasteiger charge is -2.09. The van der Waals surface area contributed by atoms with E-state index in [2.05, 4.69) is 17.1 Å². The standard InChI is InChI=1S/C22H17N/c1-16-13-22(23-15-21(16)18-8-3-2-4-9-18)20-12-11-17-7-5-6-10-19(17)14-20/h2-15H,1H3/i2D,3D,4D,8D,9D. The number of pyridine rings is 1. The number of nitrogens with zero attached hydrogens (tertiary/aromatic N) is 1. The second kappa shape index (κ2) is 5.69. The lowest BCUT2D eigenvalue weighted by atomic mass is 9.99. The van der Waals surface area contributed by atoms with Gasteiger partial charge in [-0.05, 0) is 41.0 Å². The molecule has 4 rings (SSSR count). The summed E-state index contributed by atoms with van der Waals surface area (Å²) in [5, 5.41) is 2.27. The van der Waals surface area contributed by atoms with E-state index < -0.39 is 6.04 Å². The van der Waals surface area contributed by atoms with Gasteiger partial charge in [-0.2, -0.15) is 0 Å². The molecule has 1 aromatic heterocycles. The third-order valence-corrected chi connectivity index (χ3v) is 3.93. The van der Waals surface area contributed by atoms with Crippen LogP contribution in [0.15, 0.2) is 84.9 Å². The molecule has 0 aliphatic heterocycles. The molecule has 23 heavy (non-hydrogen) atoms. The van der Waals surface area contributed by atoms with Crippen molar-refractivity contribution in [3.05, 3.63) is 90.5 Å². The Morgan fingerprint density at radius 2 is 1.61 bits per heavy atom. The van der Waals surface area contributed by atoms with Crippen molar-refractivity contribution in [1.29, 1.82) is 0 Å². The molecular formula is C22H17N. The molecule has 0 aliphatic carbocycles. The molecule has 0 atom stereocenters. The van der Waals surface area contributed by atoms with Crippen molar-refractivity contribution in [3.8, 4) is 22.4 Å². The minimum absolute atomic E-state index is 0.182. The number of fused-ring (bicyclic) bond motifs is 1. The van der Waals surface area contributed by atoms with Gasteiger partial charge in [-0.15, -0.1) is 0 Å². The van der Waals surface area contributed by atoms with Gasteiger partial charge in [0.2, 0.25) is 0 Å². The fourth-order valence-corrected chi connectivity index (χ4v) is 2.71. The zero-order valence-electron chi connectivity index (χ0n) is 17.6. The Labute approximate surface area is 143 Å². The number of hydrogen-bond acceptors (Lipinski definition) is 1. The molecule has 1 heteroatoms. The maximum atomic E-state index is 8.18. The Morgan fingerprint density at radius 1 is 0.826 bits per heavy atom. The quantitative estimate of drug-likeness (QED) is 0.450. The molecule has 0 saturated carbocycles. The summed E-state index contributed by atoms with van der Waals surface area (Å²) in [5.74, 6) is 0. The molecule has 3 aromatic carbocycles. The van der Waals surface area contributed by atoms with Gasteiger partial charge >= 0.3 is 0 Å². The van der Waals surface area contributed by atoms with Crippen molar-refractivity contribution in [2.24, 2.45) is 0 Å². The Hall–Kier alpha value is -2.93. The van der Waals surface area contributed by atoms with E-state index >= 15 is 0 Å². The lowest BCUT2D eigenvalue weighted by Crippen LogP contribution is -1.89. The van der Waals surface area contributed by atoms with Gasteiger partial charge in [0.25, 0.3) is 0 Å². The van der Waals surface area contributed by atoms with E-state index in [0.29, 0.717) is 5.56 Å². The third kappa shape index (κ3) is 2.62. The van der Waals surface area contributed by atoms with Crippen LogP contribution in [0.5, 0.6) is 0 Å². The average Bonchev–Trinajstić information content (AvgIpc) is 2.71. The van der Waals surface area contributed by atoms with Crippen LogP contribution in [0.25, 0.3) is 33.2 Å². The van der Waals surface area contributed by atoms with Gasteiger partial charge in [-0.25, -0.2) is 0 Å². The predicted molar refractivity (Wildman–Crippen MR) is 97.4 cm³/mol. The monoisotopic (exact) mass is 300 g/mol. The maximum Gasteiger partial charge on any atom is 0.0705 e. The van der Waals surface area contributed by atoms with Gasteiger partial charge < -0.3 is 0 Å². The van der Waals surface area contributed by atoms with E-state index in [1.165, 1.54) is 0 Å². The van der Waals surface area contributed by atoms with Gasteiger partial charge in [-0.1, -0.05) is 66.6 Å². The minimum Gasteiger partial charge on any atom is -0.256 e. The number of hydrogen-bond donors (Lipinski definition) is 0. The Balaban J connectivity index is 1.85. The van der Waals surface area contributed by atoms with Crippen LogP contribution in [-0.4, -0.2) is 4.98 Å². The first-order chi connectivity index (χ1) is 13.4. The molecule has 1 heterocycles. The van der Waals surface area contributed by atoms with Crippen molar-refractivity contribution in [2.75, 3.05) is 0 Å². The Bertz CT molecular complexity index is 1200. The van der Waals surface area contributed by atoms with E-state index in [-0.39, 0.29) is 29.7 Å². The van der Waals surface area contributed by atoms with Crippen LogP contribution < -0.4 is 0 Å². The van der Waals surface area contributed by atoms with Crippen molar-refractivity contribution in [3.63, 3.8) is 0 Å². The van der Waals surface area contributed by atoms with Gasteiger partial charge in [0.1, 0.15) is 0 Å².